The first kappa shape index (κ1) is 13.9. The van der Waals surface area contributed by atoms with Crippen LogP contribution in [0.4, 0.5) is 5.69 Å². The number of nitrogens with zero attached hydrogens (tertiary/aromatic N) is 1. The standard InChI is InChI=1S/C15H16N2O3/c1-3-17-10(2)9-12(18)13(15(17)20)14(19)16-11-7-5-4-6-8-11/h4-9,18H,3H2,1-2H3,(H,16,19). The number of para-hydroxylation sites is 1. The van der Waals surface area contributed by atoms with E-state index in [0.717, 1.165) is 0 Å². The van der Waals surface area contributed by atoms with Crippen molar-refractivity contribution in [3.63, 3.8) is 0 Å². The largest absolute Gasteiger partial charge is 0.507 e. The molecule has 0 saturated heterocycles. The van der Waals surface area contributed by atoms with Gasteiger partial charge >= 0.3 is 0 Å². The summed E-state index contributed by atoms with van der Waals surface area (Å²) in [6, 6.07) is 10.2. The first-order valence-corrected chi connectivity index (χ1v) is 6.34. The highest BCUT2D eigenvalue weighted by atomic mass is 16.3. The Labute approximate surface area is 116 Å². The van der Waals surface area contributed by atoms with Crippen molar-refractivity contribution in [3.8, 4) is 5.75 Å². The third-order valence-corrected chi connectivity index (χ3v) is 3.06. The maximum Gasteiger partial charge on any atom is 0.267 e. The lowest BCUT2D eigenvalue weighted by atomic mass is 10.2. The molecule has 1 aromatic heterocycles. The minimum atomic E-state index is -0.610. The number of hydrogen-bond acceptors (Lipinski definition) is 3. The summed E-state index contributed by atoms with van der Waals surface area (Å²) in [7, 11) is 0. The number of aromatic nitrogens is 1. The van der Waals surface area contributed by atoms with Crippen LogP contribution in [0.5, 0.6) is 5.75 Å². The summed E-state index contributed by atoms with van der Waals surface area (Å²) in [5.41, 5.74) is 0.464. The third-order valence-electron chi connectivity index (χ3n) is 3.06. The van der Waals surface area contributed by atoms with Gasteiger partial charge in [-0.15, -0.1) is 0 Å². The van der Waals surface area contributed by atoms with Gasteiger partial charge in [-0.3, -0.25) is 9.59 Å². The molecular formula is C15H16N2O3. The van der Waals surface area contributed by atoms with Crippen LogP contribution < -0.4 is 10.9 Å². The fourth-order valence-electron chi connectivity index (χ4n) is 2.07. The van der Waals surface area contributed by atoms with E-state index in [4.69, 9.17) is 0 Å². The monoisotopic (exact) mass is 272 g/mol. The van der Waals surface area contributed by atoms with Gasteiger partial charge in [0.25, 0.3) is 11.5 Å². The van der Waals surface area contributed by atoms with Gasteiger partial charge in [-0.05, 0) is 26.0 Å². The molecular weight excluding hydrogens is 256 g/mol. The van der Waals surface area contributed by atoms with Crippen LogP contribution in [-0.4, -0.2) is 15.6 Å². The molecule has 2 N–H and O–H groups in total. The molecule has 0 atom stereocenters. The average Bonchev–Trinajstić information content (AvgIpc) is 2.39. The van der Waals surface area contributed by atoms with Crippen molar-refractivity contribution in [2.24, 2.45) is 0 Å². The van der Waals surface area contributed by atoms with E-state index in [0.29, 0.717) is 17.9 Å². The van der Waals surface area contributed by atoms with E-state index < -0.39 is 11.5 Å². The van der Waals surface area contributed by atoms with Gasteiger partial charge in [0.15, 0.2) is 0 Å². The molecule has 0 aliphatic heterocycles. The van der Waals surface area contributed by atoms with Crippen molar-refractivity contribution in [1.29, 1.82) is 0 Å². The van der Waals surface area contributed by atoms with Gasteiger partial charge in [0.1, 0.15) is 11.3 Å². The average molecular weight is 272 g/mol. The van der Waals surface area contributed by atoms with Crippen molar-refractivity contribution in [2.45, 2.75) is 20.4 Å². The van der Waals surface area contributed by atoms with E-state index in [1.807, 2.05) is 13.0 Å². The Hall–Kier alpha value is -2.56. The van der Waals surface area contributed by atoms with Crippen LogP contribution in [0.2, 0.25) is 0 Å². The molecule has 1 heterocycles. The number of aryl methyl sites for hydroxylation is 1. The van der Waals surface area contributed by atoms with E-state index >= 15 is 0 Å². The van der Waals surface area contributed by atoms with Gasteiger partial charge in [0.05, 0.1) is 0 Å². The van der Waals surface area contributed by atoms with Gasteiger partial charge in [-0.1, -0.05) is 18.2 Å². The van der Waals surface area contributed by atoms with Gasteiger partial charge in [-0.25, -0.2) is 0 Å². The second kappa shape index (κ2) is 5.61. The Morgan fingerprint density at radius 2 is 1.95 bits per heavy atom. The van der Waals surface area contributed by atoms with Crippen LogP contribution in [0.3, 0.4) is 0 Å². The number of anilines is 1. The van der Waals surface area contributed by atoms with Gasteiger partial charge < -0.3 is 15.0 Å². The normalized spacial score (nSPS) is 10.3. The van der Waals surface area contributed by atoms with Crippen molar-refractivity contribution in [1.82, 2.24) is 4.57 Å². The van der Waals surface area contributed by atoms with Gasteiger partial charge in [0, 0.05) is 24.0 Å². The number of rotatable bonds is 3. The number of carbonyl (C=O) groups excluding carboxylic acids is 1. The van der Waals surface area contributed by atoms with Crippen LogP contribution in [0, 0.1) is 6.92 Å². The van der Waals surface area contributed by atoms with E-state index in [-0.39, 0.29) is 11.3 Å². The summed E-state index contributed by atoms with van der Waals surface area (Å²) < 4.78 is 1.44. The predicted molar refractivity (Wildman–Crippen MR) is 77.2 cm³/mol. The Bertz CT molecular complexity index is 690. The molecule has 0 bridgehead atoms. The molecule has 20 heavy (non-hydrogen) atoms. The second-order valence-electron chi connectivity index (χ2n) is 4.42. The SMILES string of the molecule is CCn1c(C)cc(O)c(C(=O)Nc2ccccc2)c1=O. The lowest BCUT2D eigenvalue weighted by Gasteiger charge is -2.11. The highest BCUT2D eigenvalue weighted by Crippen LogP contribution is 2.16. The minimum absolute atomic E-state index is 0.235. The number of carbonyl (C=O) groups is 1. The number of aromatic hydroxyl groups is 1. The van der Waals surface area contributed by atoms with Gasteiger partial charge in [-0.2, -0.15) is 0 Å². The molecule has 0 fully saturated rings. The Balaban J connectivity index is 2.43. The molecule has 0 saturated carbocycles. The first-order valence-electron chi connectivity index (χ1n) is 6.34. The fourth-order valence-corrected chi connectivity index (χ4v) is 2.07. The zero-order chi connectivity index (χ0) is 14.7. The van der Waals surface area contributed by atoms with E-state index in [2.05, 4.69) is 5.32 Å². The number of benzene rings is 1. The number of amides is 1. The summed E-state index contributed by atoms with van der Waals surface area (Å²) in [5.74, 6) is -0.911. The van der Waals surface area contributed by atoms with Crippen molar-refractivity contribution in [2.75, 3.05) is 5.32 Å². The number of pyridine rings is 1. The number of hydrogen-bond donors (Lipinski definition) is 2. The molecule has 0 radical (unpaired) electrons. The molecule has 0 aliphatic carbocycles. The molecule has 5 heteroatoms. The van der Waals surface area contributed by atoms with Crippen LogP contribution >= 0.6 is 0 Å². The highest BCUT2D eigenvalue weighted by molar-refractivity contribution is 6.05. The molecule has 0 spiro atoms. The lowest BCUT2D eigenvalue weighted by molar-refractivity contribution is 0.102. The predicted octanol–water partition coefficient (Wildman–Crippen LogP) is 2.13. The zero-order valence-corrected chi connectivity index (χ0v) is 11.4. The smallest absolute Gasteiger partial charge is 0.267 e. The molecule has 2 rings (SSSR count). The summed E-state index contributed by atoms with van der Waals surface area (Å²) in [6.07, 6.45) is 0. The molecule has 0 unspecified atom stereocenters. The second-order valence-corrected chi connectivity index (χ2v) is 4.42. The topological polar surface area (TPSA) is 71.3 Å². The van der Waals surface area contributed by atoms with Crippen molar-refractivity contribution in [3.05, 3.63) is 58.0 Å². The van der Waals surface area contributed by atoms with Crippen LogP contribution in [0.25, 0.3) is 0 Å². The van der Waals surface area contributed by atoms with Crippen LogP contribution in [0.15, 0.2) is 41.2 Å². The first-order chi connectivity index (χ1) is 9.54. The lowest BCUT2D eigenvalue weighted by Crippen LogP contribution is -2.30. The molecule has 5 nitrogen and oxygen atoms in total. The van der Waals surface area contributed by atoms with Crippen molar-refractivity contribution >= 4 is 11.6 Å². The minimum Gasteiger partial charge on any atom is -0.507 e. The maximum absolute atomic E-state index is 12.2. The fraction of sp³-hybridized carbons (Fsp3) is 0.200. The molecule has 0 aliphatic rings. The molecule has 104 valence electrons. The van der Waals surface area contributed by atoms with E-state index in [1.54, 1.807) is 31.2 Å². The summed E-state index contributed by atoms with van der Waals surface area (Å²) in [6.45, 7) is 3.96. The van der Waals surface area contributed by atoms with Crippen LogP contribution in [-0.2, 0) is 6.54 Å². The zero-order valence-electron chi connectivity index (χ0n) is 11.4. The molecule has 2 aromatic rings. The maximum atomic E-state index is 12.2. The molecule has 1 amide bonds. The highest BCUT2D eigenvalue weighted by Gasteiger charge is 2.19. The van der Waals surface area contributed by atoms with Crippen molar-refractivity contribution < 1.29 is 9.90 Å². The Kier molecular flexibility index (Phi) is 3.89. The molecule has 1 aromatic carbocycles. The number of nitrogens with one attached hydrogen (secondary N) is 1. The Morgan fingerprint density at radius 3 is 2.55 bits per heavy atom. The summed E-state index contributed by atoms with van der Waals surface area (Å²) in [5, 5.41) is 12.5. The van der Waals surface area contributed by atoms with Crippen LogP contribution in [0.1, 0.15) is 23.0 Å². The Morgan fingerprint density at radius 1 is 1.30 bits per heavy atom. The summed E-state index contributed by atoms with van der Waals surface area (Å²) in [4.78, 5) is 24.4. The quantitative estimate of drug-likeness (QED) is 0.899. The van der Waals surface area contributed by atoms with E-state index in [9.17, 15) is 14.7 Å². The third kappa shape index (κ3) is 2.56. The van der Waals surface area contributed by atoms with Gasteiger partial charge in [0.2, 0.25) is 0 Å². The summed E-state index contributed by atoms with van der Waals surface area (Å²) >= 11 is 0. The van der Waals surface area contributed by atoms with E-state index in [1.165, 1.54) is 10.6 Å².